The molecule has 6 heteroatoms. The Morgan fingerprint density at radius 1 is 1.25 bits per heavy atom. The van der Waals surface area contributed by atoms with E-state index in [-0.39, 0.29) is 12.3 Å². The topological polar surface area (TPSA) is 66.4 Å². The van der Waals surface area contributed by atoms with Gasteiger partial charge in [-0.25, -0.2) is 0 Å². The van der Waals surface area contributed by atoms with Crippen molar-refractivity contribution in [3.8, 4) is 0 Å². The first-order valence-corrected chi connectivity index (χ1v) is 8.68. The molecule has 0 fully saturated rings. The zero-order valence-corrected chi connectivity index (χ0v) is 13.4. The molecule has 2 N–H and O–H groups in total. The van der Waals surface area contributed by atoms with Gasteiger partial charge in [-0.05, 0) is 24.4 Å². The summed E-state index contributed by atoms with van der Waals surface area (Å²) in [6.07, 6.45) is 0.238. The normalized spacial score (nSPS) is 15.2. The fraction of sp³-hybridized carbons (Fsp3) is 0.571. The van der Waals surface area contributed by atoms with Gasteiger partial charge < -0.3 is 5.32 Å². The molecule has 1 aromatic carbocycles. The summed E-state index contributed by atoms with van der Waals surface area (Å²) in [5.74, 6) is 0.504. The van der Waals surface area contributed by atoms with Gasteiger partial charge in [0.25, 0.3) is 10.1 Å². The van der Waals surface area contributed by atoms with Crippen LogP contribution in [0, 0.1) is 5.92 Å². The lowest BCUT2D eigenvalue weighted by Crippen LogP contribution is -2.47. The average molecular weight is 320 g/mol. The molecule has 0 aliphatic heterocycles. The number of hydrogen-bond donors (Lipinski definition) is 2. The second kappa shape index (κ2) is 7.98. The molecule has 114 valence electrons. The minimum absolute atomic E-state index is 0.129. The zero-order valence-electron chi connectivity index (χ0n) is 11.8. The Morgan fingerprint density at radius 3 is 2.30 bits per heavy atom. The highest BCUT2D eigenvalue weighted by molar-refractivity contribution is 7.86. The number of hydrogen-bond acceptors (Lipinski definition) is 3. The zero-order chi connectivity index (χ0) is 15.2. The van der Waals surface area contributed by atoms with Gasteiger partial charge in [-0.3, -0.25) is 4.55 Å². The van der Waals surface area contributed by atoms with Crippen LogP contribution in [0.5, 0.6) is 0 Å². The van der Waals surface area contributed by atoms with Crippen molar-refractivity contribution < 1.29 is 13.0 Å². The van der Waals surface area contributed by atoms with Crippen molar-refractivity contribution in [2.45, 2.75) is 31.6 Å². The van der Waals surface area contributed by atoms with Gasteiger partial charge in [0.15, 0.2) is 0 Å². The Bertz CT molecular complexity index is 490. The van der Waals surface area contributed by atoms with Crippen LogP contribution in [0.3, 0.4) is 0 Å². The number of benzene rings is 1. The minimum atomic E-state index is -4.17. The fourth-order valence-electron chi connectivity index (χ4n) is 1.97. The molecule has 0 aromatic heterocycles. The Hall–Kier alpha value is -0.620. The first kappa shape index (κ1) is 17.4. The second-order valence-electron chi connectivity index (χ2n) is 5.31. The van der Waals surface area contributed by atoms with Gasteiger partial charge in [0.2, 0.25) is 0 Å². The molecule has 0 saturated heterocycles. The molecule has 2 unspecified atom stereocenters. The van der Waals surface area contributed by atoms with Crippen LogP contribution >= 0.6 is 11.6 Å². The van der Waals surface area contributed by atoms with Crippen LogP contribution in [0.4, 0.5) is 0 Å². The van der Waals surface area contributed by atoms with E-state index in [1.807, 2.05) is 44.2 Å². The summed E-state index contributed by atoms with van der Waals surface area (Å²) in [6.45, 7) is 4.70. The fourth-order valence-corrected chi connectivity index (χ4v) is 3.41. The van der Waals surface area contributed by atoms with Crippen LogP contribution in [-0.4, -0.2) is 36.7 Å². The molecule has 0 amide bonds. The van der Waals surface area contributed by atoms with E-state index in [0.29, 0.717) is 12.5 Å². The maximum Gasteiger partial charge on any atom is 0.269 e. The van der Waals surface area contributed by atoms with Crippen molar-refractivity contribution >= 4 is 21.7 Å². The van der Waals surface area contributed by atoms with Gasteiger partial charge in [-0.1, -0.05) is 44.2 Å². The van der Waals surface area contributed by atoms with Crippen LogP contribution in [0.2, 0.25) is 0 Å². The summed E-state index contributed by atoms with van der Waals surface area (Å²) < 4.78 is 32.8. The van der Waals surface area contributed by atoms with Crippen molar-refractivity contribution in [3.63, 3.8) is 0 Å². The van der Waals surface area contributed by atoms with Crippen molar-refractivity contribution in [1.29, 1.82) is 0 Å². The minimum Gasteiger partial charge on any atom is -0.311 e. The molecular weight excluding hydrogens is 298 g/mol. The quantitative estimate of drug-likeness (QED) is 0.570. The van der Waals surface area contributed by atoms with Gasteiger partial charge in [0, 0.05) is 11.9 Å². The van der Waals surface area contributed by atoms with Crippen molar-refractivity contribution in [2.24, 2.45) is 5.92 Å². The second-order valence-corrected chi connectivity index (χ2v) is 7.25. The summed E-state index contributed by atoms with van der Waals surface area (Å²) in [5.41, 5.74) is 0.858. The lowest BCUT2D eigenvalue weighted by molar-refractivity contribution is 0.419. The van der Waals surface area contributed by atoms with Gasteiger partial charge in [0.1, 0.15) is 5.25 Å². The molecule has 2 atom stereocenters. The molecule has 20 heavy (non-hydrogen) atoms. The first-order valence-electron chi connectivity index (χ1n) is 6.64. The molecule has 0 bridgehead atoms. The van der Waals surface area contributed by atoms with E-state index in [0.717, 1.165) is 5.56 Å². The lowest BCUT2D eigenvalue weighted by Gasteiger charge is -2.25. The Labute approximate surface area is 126 Å². The third-order valence-electron chi connectivity index (χ3n) is 3.07. The molecule has 0 aliphatic rings. The van der Waals surface area contributed by atoms with E-state index in [9.17, 15) is 13.0 Å². The van der Waals surface area contributed by atoms with Crippen LogP contribution < -0.4 is 5.32 Å². The molecule has 0 heterocycles. The summed E-state index contributed by atoms with van der Waals surface area (Å²) in [7, 11) is -4.17. The molecule has 1 rings (SSSR count). The lowest BCUT2D eigenvalue weighted by atomic mass is 10.0. The highest BCUT2D eigenvalue weighted by Crippen LogP contribution is 2.15. The summed E-state index contributed by atoms with van der Waals surface area (Å²) in [4.78, 5) is 0. The van der Waals surface area contributed by atoms with Gasteiger partial charge in [-0.2, -0.15) is 8.42 Å². The number of halogens is 1. The Kier molecular flexibility index (Phi) is 6.95. The predicted molar refractivity (Wildman–Crippen MR) is 82.8 cm³/mol. The smallest absolute Gasteiger partial charge is 0.269 e. The highest BCUT2D eigenvalue weighted by atomic mass is 35.5. The molecule has 0 saturated carbocycles. The highest BCUT2D eigenvalue weighted by Gasteiger charge is 2.31. The molecule has 1 aromatic rings. The van der Waals surface area contributed by atoms with Crippen LogP contribution in [0.1, 0.15) is 19.4 Å². The van der Waals surface area contributed by atoms with Gasteiger partial charge in [-0.15, -0.1) is 11.6 Å². The molecular formula is C14H22ClNO3S. The molecule has 0 aliphatic carbocycles. The Balaban J connectivity index is 2.88. The molecule has 4 nitrogen and oxygen atoms in total. The molecule has 0 radical (unpaired) electrons. The Morgan fingerprint density at radius 2 is 1.85 bits per heavy atom. The predicted octanol–water partition coefficient (Wildman–Crippen LogP) is 2.34. The largest absolute Gasteiger partial charge is 0.311 e. The van der Waals surface area contributed by atoms with Crippen molar-refractivity contribution in [1.82, 2.24) is 5.32 Å². The van der Waals surface area contributed by atoms with E-state index in [4.69, 9.17) is 11.6 Å². The average Bonchev–Trinajstić information content (AvgIpc) is 2.38. The number of rotatable bonds is 8. The van der Waals surface area contributed by atoms with E-state index in [2.05, 4.69) is 5.32 Å². The maximum absolute atomic E-state index is 11.6. The van der Waals surface area contributed by atoms with E-state index in [1.165, 1.54) is 0 Å². The third kappa shape index (κ3) is 5.79. The summed E-state index contributed by atoms with van der Waals surface area (Å²) in [5, 5.41) is 2.18. The van der Waals surface area contributed by atoms with E-state index < -0.39 is 21.4 Å². The number of nitrogens with one attached hydrogen (secondary N) is 1. The van der Waals surface area contributed by atoms with Crippen molar-refractivity contribution in [3.05, 3.63) is 35.9 Å². The third-order valence-corrected chi connectivity index (χ3v) is 4.66. The van der Waals surface area contributed by atoms with Gasteiger partial charge >= 0.3 is 0 Å². The van der Waals surface area contributed by atoms with Crippen molar-refractivity contribution in [2.75, 3.05) is 12.4 Å². The summed E-state index contributed by atoms with van der Waals surface area (Å²) in [6, 6.07) is 8.75. The monoisotopic (exact) mass is 319 g/mol. The van der Waals surface area contributed by atoms with E-state index >= 15 is 0 Å². The maximum atomic E-state index is 11.6. The van der Waals surface area contributed by atoms with Crippen LogP contribution in [0.25, 0.3) is 0 Å². The first-order chi connectivity index (χ1) is 9.34. The van der Waals surface area contributed by atoms with Gasteiger partial charge in [0.05, 0.1) is 0 Å². The standard InChI is InChI=1S/C14H22ClNO3S/c1-11(2)10-16-13(9-15)14(20(17,18)19)8-12-6-4-3-5-7-12/h3-7,11,13-14,16H,8-10H2,1-2H3,(H,17,18,19). The molecule has 0 spiro atoms. The van der Waals surface area contributed by atoms with Crippen LogP contribution in [-0.2, 0) is 16.5 Å². The van der Waals surface area contributed by atoms with Crippen LogP contribution in [0.15, 0.2) is 30.3 Å². The van der Waals surface area contributed by atoms with E-state index in [1.54, 1.807) is 0 Å². The number of alkyl halides is 1. The SMILES string of the molecule is CC(C)CNC(CCl)C(Cc1ccccc1)S(=O)(=O)O. The summed E-state index contributed by atoms with van der Waals surface area (Å²) >= 11 is 5.88.